The Kier molecular flexibility index (Phi) is 4.82. The van der Waals surface area contributed by atoms with Crippen molar-refractivity contribution in [1.82, 2.24) is 4.90 Å². The molecular formula is C16H20N2O5. The van der Waals surface area contributed by atoms with E-state index >= 15 is 0 Å². The Balaban J connectivity index is 2.05. The summed E-state index contributed by atoms with van der Waals surface area (Å²) in [5.41, 5.74) is 0.674. The minimum absolute atomic E-state index is 0.274. The lowest BCUT2D eigenvalue weighted by atomic mass is 10.1. The Bertz CT molecular complexity index is 601. The predicted octanol–water partition coefficient (Wildman–Crippen LogP) is -0.528. The monoisotopic (exact) mass is 320 g/mol. The maximum absolute atomic E-state index is 12.2. The second kappa shape index (κ2) is 6.47. The molecule has 1 unspecified atom stereocenters. The van der Waals surface area contributed by atoms with Gasteiger partial charge in [0, 0.05) is 12.4 Å². The van der Waals surface area contributed by atoms with Crippen LogP contribution >= 0.6 is 0 Å². The van der Waals surface area contributed by atoms with Gasteiger partial charge in [-0.15, -0.1) is 0 Å². The summed E-state index contributed by atoms with van der Waals surface area (Å²) >= 11 is 0. The van der Waals surface area contributed by atoms with Gasteiger partial charge in [-0.1, -0.05) is 12.1 Å². The number of quaternary nitrogens is 1. The van der Waals surface area contributed by atoms with Gasteiger partial charge in [0.15, 0.2) is 0 Å². The summed E-state index contributed by atoms with van der Waals surface area (Å²) in [5.74, 6) is -2.09. The van der Waals surface area contributed by atoms with E-state index in [0.717, 1.165) is 4.90 Å². The normalized spacial score (nSPS) is 15.7. The highest BCUT2D eigenvalue weighted by molar-refractivity contribution is 6.21. The van der Waals surface area contributed by atoms with E-state index < -0.39 is 23.9 Å². The summed E-state index contributed by atoms with van der Waals surface area (Å²) in [4.78, 5) is 36.3. The number of amides is 2. The third-order valence-electron chi connectivity index (χ3n) is 3.46. The van der Waals surface area contributed by atoms with Crippen molar-refractivity contribution < 1.29 is 28.7 Å². The molecular weight excluding hydrogens is 300 g/mol. The van der Waals surface area contributed by atoms with E-state index in [4.69, 9.17) is 4.74 Å². The van der Waals surface area contributed by atoms with Crippen molar-refractivity contribution >= 4 is 17.8 Å². The molecule has 0 aliphatic carbocycles. The van der Waals surface area contributed by atoms with E-state index in [9.17, 15) is 19.5 Å². The smallest absolute Gasteiger partial charge is 0.263 e. The quantitative estimate of drug-likeness (QED) is 0.498. The Labute approximate surface area is 134 Å². The number of carbonyl (C=O) groups excluding carboxylic acids is 3. The first-order valence-corrected chi connectivity index (χ1v) is 7.26. The van der Waals surface area contributed by atoms with Gasteiger partial charge in [0.2, 0.25) is 0 Å². The summed E-state index contributed by atoms with van der Waals surface area (Å²) in [7, 11) is 5.69. The van der Waals surface area contributed by atoms with Gasteiger partial charge in [-0.3, -0.25) is 9.59 Å². The average Bonchev–Trinajstić information content (AvgIpc) is 2.67. The van der Waals surface area contributed by atoms with Gasteiger partial charge < -0.3 is 19.1 Å². The second-order valence-electron chi connectivity index (χ2n) is 6.55. The number of carbonyl (C=O) groups is 3. The fourth-order valence-corrected chi connectivity index (χ4v) is 2.51. The largest absolute Gasteiger partial charge is 0.550 e. The summed E-state index contributed by atoms with van der Waals surface area (Å²) in [6.45, 7) is 0.140. The zero-order valence-corrected chi connectivity index (χ0v) is 13.4. The lowest BCUT2D eigenvalue weighted by Crippen LogP contribution is -2.46. The standard InChI is InChI=1S/C16H20N2O5/c1-18(2,3)9-11(8-14(19)20)23-10-17-15(21)12-6-4-5-7-13(12)16(17)22/h4-7,11H,8-10H2,1-3H3. The van der Waals surface area contributed by atoms with E-state index in [1.807, 2.05) is 21.1 Å². The highest BCUT2D eigenvalue weighted by Crippen LogP contribution is 2.22. The number of benzene rings is 1. The van der Waals surface area contributed by atoms with Crippen LogP contribution in [0.15, 0.2) is 24.3 Å². The van der Waals surface area contributed by atoms with Crippen LogP contribution in [0.4, 0.5) is 0 Å². The van der Waals surface area contributed by atoms with Crippen molar-refractivity contribution in [2.24, 2.45) is 0 Å². The van der Waals surface area contributed by atoms with Crippen molar-refractivity contribution in [3.8, 4) is 0 Å². The third kappa shape index (κ3) is 4.14. The van der Waals surface area contributed by atoms with Crippen LogP contribution in [0.25, 0.3) is 0 Å². The Morgan fingerprint density at radius 2 is 1.70 bits per heavy atom. The average molecular weight is 320 g/mol. The topological polar surface area (TPSA) is 86.7 Å². The van der Waals surface area contributed by atoms with Gasteiger partial charge in [0.1, 0.15) is 19.4 Å². The minimum atomic E-state index is -1.23. The molecule has 0 N–H and O–H groups in total. The molecule has 124 valence electrons. The first kappa shape index (κ1) is 17.1. The number of hydrogen-bond donors (Lipinski definition) is 0. The lowest BCUT2D eigenvalue weighted by molar-refractivity contribution is -0.873. The molecule has 2 rings (SSSR count). The fraction of sp³-hybridized carbons (Fsp3) is 0.438. The molecule has 1 aromatic rings. The number of fused-ring (bicyclic) bond motifs is 1. The van der Waals surface area contributed by atoms with Crippen LogP contribution in [0, 0.1) is 0 Å². The molecule has 1 atom stereocenters. The van der Waals surface area contributed by atoms with Gasteiger partial charge in [-0.25, -0.2) is 4.90 Å². The first-order valence-electron chi connectivity index (χ1n) is 7.26. The molecule has 0 bridgehead atoms. The van der Waals surface area contributed by atoms with Crippen LogP contribution < -0.4 is 5.11 Å². The Hall–Kier alpha value is -2.25. The zero-order chi connectivity index (χ0) is 17.2. The lowest BCUT2D eigenvalue weighted by Gasteiger charge is -2.30. The van der Waals surface area contributed by atoms with E-state index in [1.165, 1.54) is 0 Å². The fourth-order valence-electron chi connectivity index (χ4n) is 2.51. The molecule has 1 aromatic carbocycles. The van der Waals surface area contributed by atoms with Crippen molar-refractivity contribution in [3.05, 3.63) is 35.4 Å². The molecule has 0 spiro atoms. The van der Waals surface area contributed by atoms with Gasteiger partial charge in [0.25, 0.3) is 11.8 Å². The first-order chi connectivity index (χ1) is 10.7. The van der Waals surface area contributed by atoms with Crippen LogP contribution in [-0.4, -0.2) is 67.7 Å². The highest BCUT2D eigenvalue weighted by atomic mass is 16.5. The molecule has 0 radical (unpaired) electrons. The number of carboxylic acid groups (broad SMARTS) is 1. The summed E-state index contributed by atoms with van der Waals surface area (Å²) in [6, 6.07) is 6.54. The number of ether oxygens (including phenoxy) is 1. The zero-order valence-electron chi connectivity index (χ0n) is 13.4. The molecule has 0 fully saturated rings. The second-order valence-corrected chi connectivity index (χ2v) is 6.55. The molecule has 1 heterocycles. The van der Waals surface area contributed by atoms with Crippen LogP contribution in [0.1, 0.15) is 27.1 Å². The number of aliphatic carboxylic acids is 1. The van der Waals surface area contributed by atoms with Crippen molar-refractivity contribution in [3.63, 3.8) is 0 Å². The number of rotatable bonds is 7. The maximum atomic E-state index is 12.2. The minimum Gasteiger partial charge on any atom is -0.550 e. The molecule has 0 aromatic heterocycles. The number of carboxylic acids is 1. The van der Waals surface area contributed by atoms with E-state index in [2.05, 4.69) is 0 Å². The molecule has 0 saturated heterocycles. The molecule has 7 nitrogen and oxygen atoms in total. The number of imide groups is 1. The summed E-state index contributed by atoms with van der Waals surface area (Å²) in [6.07, 6.45) is -0.942. The maximum Gasteiger partial charge on any atom is 0.263 e. The van der Waals surface area contributed by atoms with E-state index in [1.54, 1.807) is 24.3 Å². The Morgan fingerprint density at radius 1 is 1.17 bits per heavy atom. The molecule has 1 aliphatic heterocycles. The molecule has 1 aliphatic rings. The van der Waals surface area contributed by atoms with Crippen LogP contribution in [0.5, 0.6) is 0 Å². The summed E-state index contributed by atoms with van der Waals surface area (Å²) < 4.78 is 6.02. The van der Waals surface area contributed by atoms with Gasteiger partial charge in [-0.2, -0.15) is 0 Å². The number of likely N-dealkylation sites (N-methyl/N-ethyl adjacent to an activating group) is 1. The molecule has 7 heteroatoms. The highest BCUT2D eigenvalue weighted by Gasteiger charge is 2.35. The molecule has 0 saturated carbocycles. The van der Waals surface area contributed by atoms with Crippen molar-refractivity contribution in [1.29, 1.82) is 0 Å². The van der Waals surface area contributed by atoms with Crippen molar-refractivity contribution in [2.45, 2.75) is 12.5 Å². The van der Waals surface area contributed by atoms with Gasteiger partial charge in [-0.05, 0) is 12.1 Å². The van der Waals surface area contributed by atoms with Crippen LogP contribution in [0.3, 0.4) is 0 Å². The van der Waals surface area contributed by atoms with Crippen molar-refractivity contribution in [2.75, 3.05) is 34.4 Å². The van der Waals surface area contributed by atoms with Gasteiger partial charge in [0.05, 0.1) is 32.3 Å². The Morgan fingerprint density at radius 3 is 2.13 bits per heavy atom. The van der Waals surface area contributed by atoms with E-state index in [0.29, 0.717) is 22.2 Å². The molecule has 2 amide bonds. The predicted molar refractivity (Wildman–Crippen MR) is 79.2 cm³/mol. The SMILES string of the molecule is C[N+](C)(C)CC(CC(=O)[O-])OCN1C(=O)c2ccccc2C1=O. The summed E-state index contributed by atoms with van der Waals surface area (Å²) in [5, 5.41) is 10.9. The van der Waals surface area contributed by atoms with Crippen LogP contribution in [-0.2, 0) is 9.53 Å². The van der Waals surface area contributed by atoms with Gasteiger partial charge >= 0.3 is 0 Å². The van der Waals surface area contributed by atoms with Crippen LogP contribution in [0.2, 0.25) is 0 Å². The third-order valence-corrected chi connectivity index (χ3v) is 3.46. The number of nitrogens with zero attached hydrogens (tertiary/aromatic N) is 2. The van der Waals surface area contributed by atoms with E-state index in [-0.39, 0.29) is 13.2 Å². The molecule has 23 heavy (non-hydrogen) atoms. The number of hydrogen-bond acceptors (Lipinski definition) is 5.